The van der Waals surface area contributed by atoms with Crippen LogP contribution < -0.4 is 10.6 Å². The Bertz CT molecular complexity index is 331. The Kier molecular flexibility index (Phi) is 5.45. The van der Waals surface area contributed by atoms with Crippen molar-refractivity contribution in [3.63, 3.8) is 0 Å². The smallest absolute Gasteiger partial charge is 0.315 e. The molecule has 1 aromatic heterocycles. The summed E-state index contributed by atoms with van der Waals surface area (Å²) in [6.45, 7) is 3.78. The summed E-state index contributed by atoms with van der Waals surface area (Å²) in [5, 5.41) is 14.7. The van der Waals surface area contributed by atoms with Crippen LogP contribution in [0.3, 0.4) is 0 Å². The second kappa shape index (κ2) is 7.36. The SMILES string of the molecule is CCCNCc1nnc(NC2CCCCCC2)o1. The van der Waals surface area contributed by atoms with Crippen molar-refractivity contribution in [2.45, 2.75) is 64.5 Å². The van der Waals surface area contributed by atoms with E-state index in [1.807, 2.05) is 0 Å². The first-order valence-corrected chi connectivity index (χ1v) is 7.18. The Morgan fingerprint density at radius 1 is 1.17 bits per heavy atom. The second-order valence-corrected chi connectivity index (χ2v) is 5.01. The fourth-order valence-electron chi connectivity index (χ4n) is 2.35. The lowest BCUT2D eigenvalue weighted by Crippen LogP contribution is -2.18. The zero-order valence-corrected chi connectivity index (χ0v) is 11.2. The van der Waals surface area contributed by atoms with Crippen molar-refractivity contribution in [1.82, 2.24) is 15.5 Å². The molecular weight excluding hydrogens is 228 g/mol. The summed E-state index contributed by atoms with van der Waals surface area (Å²) in [7, 11) is 0. The lowest BCUT2D eigenvalue weighted by Gasteiger charge is -2.13. The summed E-state index contributed by atoms with van der Waals surface area (Å²) >= 11 is 0. The maximum Gasteiger partial charge on any atom is 0.315 e. The molecule has 5 nitrogen and oxygen atoms in total. The molecule has 1 saturated carbocycles. The molecule has 0 atom stereocenters. The Balaban J connectivity index is 1.78. The summed E-state index contributed by atoms with van der Waals surface area (Å²) in [6, 6.07) is 1.08. The lowest BCUT2D eigenvalue weighted by molar-refractivity contribution is 0.468. The highest BCUT2D eigenvalue weighted by atomic mass is 16.4. The molecular formula is C13H24N4O. The van der Waals surface area contributed by atoms with Gasteiger partial charge in [-0.05, 0) is 25.8 Å². The number of hydrogen-bond acceptors (Lipinski definition) is 5. The van der Waals surface area contributed by atoms with Gasteiger partial charge < -0.3 is 15.1 Å². The zero-order valence-electron chi connectivity index (χ0n) is 11.2. The molecule has 0 bridgehead atoms. The third-order valence-corrected chi connectivity index (χ3v) is 3.35. The van der Waals surface area contributed by atoms with Gasteiger partial charge in [0.05, 0.1) is 6.54 Å². The molecule has 1 fully saturated rings. The number of anilines is 1. The molecule has 0 saturated heterocycles. The summed E-state index contributed by atoms with van der Waals surface area (Å²) < 4.78 is 5.58. The summed E-state index contributed by atoms with van der Waals surface area (Å²) in [5.74, 6) is 0.666. The van der Waals surface area contributed by atoms with Gasteiger partial charge >= 0.3 is 6.01 Å². The molecule has 0 radical (unpaired) electrons. The highest BCUT2D eigenvalue weighted by molar-refractivity contribution is 5.19. The molecule has 0 spiro atoms. The highest BCUT2D eigenvalue weighted by Gasteiger charge is 2.14. The molecule has 1 aliphatic carbocycles. The van der Waals surface area contributed by atoms with Crippen LogP contribution in [0.4, 0.5) is 6.01 Å². The fourth-order valence-corrected chi connectivity index (χ4v) is 2.35. The van der Waals surface area contributed by atoms with Gasteiger partial charge in [-0.3, -0.25) is 0 Å². The Hall–Kier alpha value is -1.10. The van der Waals surface area contributed by atoms with Crippen LogP contribution in [0.25, 0.3) is 0 Å². The van der Waals surface area contributed by atoms with Crippen molar-refractivity contribution in [3.8, 4) is 0 Å². The van der Waals surface area contributed by atoms with Crippen molar-refractivity contribution in [2.75, 3.05) is 11.9 Å². The molecule has 18 heavy (non-hydrogen) atoms. The largest absolute Gasteiger partial charge is 0.407 e. The number of nitrogens with zero attached hydrogens (tertiary/aromatic N) is 2. The van der Waals surface area contributed by atoms with Crippen molar-refractivity contribution in [1.29, 1.82) is 0 Å². The average molecular weight is 252 g/mol. The number of aromatic nitrogens is 2. The van der Waals surface area contributed by atoms with Crippen LogP contribution >= 0.6 is 0 Å². The van der Waals surface area contributed by atoms with Crippen molar-refractivity contribution >= 4 is 6.01 Å². The van der Waals surface area contributed by atoms with E-state index in [2.05, 4.69) is 27.8 Å². The average Bonchev–Trinajstić information content (AvgIpc) is 2.65. The molecule has 2 rings (SSSR count). The summed E-state index contributed by atoms with van der Waals surface area (Å²) in [6.07, 6.45) is 8.86. The van der Waals surface area contributed by atoms with Gasteiger partial charge in [0.2, 0.25) is 5.89 Å². The van der Waals surface area contributed by atoms with Crippen LogP contribution in [-0.2, 0) is 6.54 Å². The minimum Gasteiger partial charge on any atom is -0.407 e. The predicted octanol–water partition coefficient (Wildman–Crippen LogP) is 2.70. The number of nitrogens with one attached hydrogen (secondary N) is 2. The van der Waals surface area contributed by atoms with Gasteiger partial charge in [0, 0.05) is 6.04 Å². The Labute approximate surface area is 109 Å². The monoisotopic (exact) mass is 252 g/mol. The predicted molar refractivity (Wildman–Crippen MR) is 71.4 cm³/mol. The maximum absolute atomic E-state index is 5.58. The van der Waals surface area contributed by atoms with Gasteiger partial charge in [-0.1, -0.05) is 37.7 Å². The van der Waals surface area contributed by atoms with E-state index in [-0.39, 0.29) is 0 Å². The van der Waals surface area contributed by atoms with Crippen LogP contribution in [0.15, 0.2) is 4.42 Å². The molecule has 1 aliphatic rings. The van der Waals surface area contributed by atoms with E-state index in [9.17, 15) is 0 Å². The normalized spacial score (nSPS) is 17.6. The standard InChI is InChI=1S/C13H24N4O/c1-2-9-14-10-12-16-17-13(18-12)15-11-7-5-3-4-6-8-11/h11,14H,2-10H2,1H3,(H,15,17). The number of rotatable bonds is 6. The van der Waals surface area contributed by atoms with E-state index in [0.717, 1.165) is 13.0 Å². The quantitative estimate of drug-likeness (QED) is 0.602. The summed E-state index contributed by atoms with van der Waals surface area (Å²) in [5.41, 5.74) is 0. The fraction of sp³-hybridized carbons (Fsp3) is 0.846. The van der Waals surface area contributed by atoms with Crippen LogP contribution in [0.2, 0.25) is 0 Å². The third kappa shape index (κ3) is 4.29. The maximum atomic E-state index is 5.58. The van der Waals surface area contributed by atoms with Crippen LogP contribution in [0.1, 0.15) is 57.8 Å². The van der Waals surface area contributed by atoms with Gasteiger partial charge in [-0.25, -0.2) is 0 Å². The van der Waals surface area contributed by atoms with Gasteiger partial charge in [-0.2, -0.15) is 0 Å². The van der Waals surface area contributed by atoms with Gasteiger partial charge in [-0.15, -0.1) is 5.10 Å². The second-order valence-electron chi connectivity index (χ2n) is 5.01. The molecule has 5 heteroatoms. The van der Waals surface area contributed by atoms with Crippen LogP contribution in [-0.4, -0.2) is 22.8 Å². The molecule has 2 N–H and O–H groups in total. The lowest BCUT2D eigenvalue weighted by atomic mass is 10.1. The first-order valence-electron chi connectivity index (χ1n) is 7.18. The van der Waals surface area contributed by atoms with Crippen molar-refractivity contribution in [2.24, 2.45) is 0 Å². The van der Waals surface area contributed by atoms with Gasteiger partial charge in [0.25, 0.3) is 0 Å². The van der Waals surface area contributed by atoms with E-state index in [4.69, 9.17) is 4.42 Å². The van der Waals surface area contributed by atoms with E-state index in [0.29, 0.717) is 24.5 Å². The van der Waals surface area contributed by atoms with Crippen molar-refractivity contribution < 1.29 is 4.42 Å². The van der Waals surface area contributed by atoms with Gasteiger partial charge in [0.15, 0.2) is 0 Å². The molecule has 0 unspecified atom stereocenters. The molecule has 1 heterocycles. The van der Waals surface area contributed by atoms with Crippen molar-refractivity contribution in [3.05, 3.63) is 5.89 Å². The summed E-state index contributed by atoms with van der Waals surface area (Å²) in [4.78, 5) is 0. The minimum atomic E-state index is 0.504. The molecule has 0 amide bonds. The van der Waals surface area contributed by atoms with E-state index in [1.54, 1.807) is 0 Å². The highest BCUT2D eigenvalue weighted by Crippen LogP contribution is 2.20. The third-order valence-electron chi connectivity index (χ3n) is 3.35. The van der Waals surface area contributed by atoms with E-state index < -0.39 is 0 Å². The molecule has 0 aliphatic heterocycles. The van der Waals surface area contributed by atoms with Gasteiger partial charge in [0.1, 0.15) is 0 Å². The topological polar surface area (TPSA) is 63.0 Å². The Morgan fingerprint density at radius 2 is 1.94 bits per heavy atom. The molecule has 0 aromatic carbocycles. The first kappa shape index (κ1) is 13.3. The molecule has 1 aromatic rings. The first-order chi connectivity index (χ1) is 8.88. The Morgan fingerprint density at radius 3 is 2.67 bits per heavy atom. The van der Waals surface area contributed by atoms with Crippen LogP contribution in [0, 0.1) is 0 Å². The van der Waals surface area contributed by atoms with E-state index >= 15 is 0 Å². The zero-order chi connectivity index (χ0) is 12.6. The van der Waals surface area contributed by atoms with E-state index in [1.165, 1.54) is 38.5 Å². The number of hydrogen-bond donors (Lipinski definition) is 2. The minimum absolute atomic E-state index is 0.504. The van der Waals surface area contributed by atoms with Crippen LogP contribution in [0.5, 0.6) is 0 Å². The molecule has 102 valence electrons.